The number of unbranched alkanes of at least 4 members (excludes halogenated alkanes) is 38. The number of amides is 2. The molecule has 0 aromatic carbocycles. The van der Waals surface area contributed by atoms with Crippen LogP contribution in [0.1, 0.15) is 318 Å². The van der Waals surface area contributed by atoms with Crippen molar-refractivity contribution in [1.29, 1.82) is 0 Å². The van der Waals surface area contributed by atoms with E-state index in [9.17, 15) is 9.59 Å². The molecule has 1 aliphatic heterocycles. The van der Waals surface area contributed by atoms with Gasteiger partial charge in [-0.3, -0.25) is 14.5 Å². The third-order valence-electron chi connectivity index (χ3n) is 15.7. The maximum absolute atomic E-state index is 13.3. The van der Waals surface area contributed by atoms with Crippen molar-refractivity contribution >= 4 is 19.1 Å². The molecule has 75 heavy (non-hydrogen) atoms. The first kappa shape index (κ1) is 77.7. The van der Waals surface area contributed by atoms with E-state index in [4.69, 9.17) is 9.90 Å². The lowest BCUT2D eigenvalue weighted by molar-refractivity contribution is -0.136. The van der Waals surface area contributed by atoms with Crippen molar-refractivity contribution in [3.63, 3.8) is 0 Å². The molecule has 0 atom stereocenters. The molecule has 1 aliphatic rings. The molecule has 0 spiro atoms. The van der Waals surface area contributed by atoms with Gasteiger partial charge in [-0.05, 0) is 71.4 Å². The van der Waals surface area contributed by atoms with Gasteiger partial charge in [0, 0.05) is 46.4 Å². The Morgan fingerprint density at radius 2 is 0.573 bits per heavy atom. The molecule has 9 heteroatoms. The van der Waals surface area contributed by atoms with Crippen molar-refractivity contribution in [3.05, 3.63) is 0 Å². The topological polar surface area (TPSA) is 87.6 Å². The van der Waals surface area contributed by atoms with Crippen LogP contribution in [-0.2, 0) is 14.4 Å². The minimum atomic E-state index is 0.245. The molecule has 1 fully saturated rings. The van der Waals surface area contributed by atoms with Crippen molar-refractivity contribution in [2.75, 3.05) is 92.2 Å². The normalized spacial score (nSPS) is 12.4. The lowest BCUT2D eigenvalue weighted by atomic mass is 10.1. The third kappa shape index (κ3) is 58.4. The fraction of sp³-hybridized carbons (Fsp3) is 0.955. The molecule has 1 saturated heterocycles. The van der Waals surface area contributed by atoms with Gasteiger partial charge in [0.15, 0.2) is 0 Å². The van der Waals surface area contributed by atoms with Gasteiger partial charge < -0.3 is 29.5 Å². The van der Waals surface area contributed by atoms with Crippen molar-refractivity contribution in [3.8, 4) is 0 Å². The average molecular weight is 1060 g/mol. The maximum Gasteiger partial charge on any atom is 0.236 e. The molecule has 0 saturated carbocycles. The largest absolute Gasteiger partial charge is 0.400 e. The molecule has 0 bridgehead atoms. The summed E-state index contributed by atoms with van der Waals surface area (Å²) in [5.74, 6) is 0.245. The summed E-state index contributed by atoms with van der Waals surface area (Å²) < 4.78 is 0. The molecule has 1 rings (SSSR count). The summed E-state index contributed by atoms with van der Waals surface area (Å²) in [4.78, 5) is 44.0. The monoisotopic (exact) mass is 1060 g/mol. The van der Waals surface area contributed by atoms with Crippen LogP contribution in [0.4, 0.5) is 0 Å². The number of aliphatic hydroxyl groups excluding tert-OH is 1. The molecule has 0 aromatic heterocycles. The van der Waals surface area contributed by atoms with E-state index < -0.39 is 0 Å². The Hall–Kier alpha value is -1.55. The summed E-state index contributed by atoms with van der Waals surface area (Å²) in [5.41, 5.74) is 0. The van der Waals surface area contributed by atoms with Gasteiger partial charge in [-0.1, -0.05) is 286 Å². The summed E-state index contributed by atoms with van der Waals surface area (Å²) >= 11 is 0. The van der Waals surface area contributed by atoms with E-state index in [1.165, 1.54) is 309 Å². The predicted molar refractivity (Wildman–Crippen MR) is 331 cm³/mol. The van der Waals surface area contributed by atoms with Crippen molar-refractivity contribution in [2.45, 2.75) is 318 Å². The second-order valence-corrected chi connectivity index (χ2v) is 22.5. The minimum Gasteiger partial charge on any atom is -0.400 e. The number of carbonyl (C=O) groups is 3. The SMILES string of the molecule is C=O.CCCCCCCCCCCCCCN(CC)CCCCCCCCCCCC.CCCCCCCCCN(CCCCCCCCC)CCN(CCCCCCCCC)CC(=O)N1CCN(C=O)CC1.CO. The Morgan fingerprint density at radius 1 is 0.347 bits per heavy atom. The van der Waals surface area contributed by atoms with Crippen molar-refractivity contribution < 1.29 is 19.5 Å². The second-order valence-electron chi connectivity index (χ2n) is 22.5. The van der Waals surface area contributed by atoms with Crippen LogP contribution >= 0.6 is 0 Å². The number of hydrogen-bond acceptors (Lipinski definition) is 7. The predicted octanol–water partition coefficient (Wildman–Crippen LogP) is 17.5. The highest BCUT2D eigenvalue weighted by Crippen LogP contribution is 2.16. The summed E-state index contributed by atoms with van der Waals surface area (Å²) in [6.07, 6.45) is 61.0. The van der Waals surface area contributed by atoms with Gasteiger partial charge in [-0.15, -0.1) is 0 Å². The molecule has 1 N–H and O–H groups in total. The van der Waals surface area contributed by atoms with Gasteiger partial charge in [0.05, 0.1) is 6.54 Å². The van der Waals surface area contributed by atoms with E-state index in [2.05, 4.69) is 56.2 Å². The van der Waals surface area contributed by atoms with Gasteiger partial charge in [-0.25, -0.2) is 0 Å². The first-order chi connectivity index (χ1) is 37.0. The number of nitrogens with zero attached hydrogens (tertiary/aromatic N) is 5. The van der Waals surface area contributed by atoms with Crippen LogP contribution in [0.3, 0.4) is 0 Å². The Kier molecular flexibility index (Phi) is 71.0. The first-order valence-corrected chi connectivity index (χ1v) is 33.4. The van der Waals surface area contributed by atoms with Crippen LogP contribution in [0, 0.1) is 0 Å². The Balaban J connectivity index is -0.00000137. The highest BCUT2D eigenvalue weighted by atomic mass is 16.2. The number of rotatable bonds is 55. The molecule has 0 radical (unpaired) electrons. The van der Waals surface area contributed by atoms with E-state index in [1.54, 1.807) is 4.90 Å². The molecule has 1 heterocycles. The van der Waals surface area contributed by atoms with Crippen molar-refractivity contribution in [2.24, 2.45) is 0 Å². The molecular weight excluding hydrogens is 927 g/mol. The average Bonchev–Trinajstić information content (AvgIpc) is 3.44. The summed E-state index contributed by atoms with van der Waals surface area (Å²) in [6, 6.07) is 0. The van der Waals surface area contributed by atoms with E-state index in [-0.39, 0.29) is 5.91 Å². The molecular formula is C66H137N5O4. The van der Waals surface area contributed by atoms with Gasteiger partial charge in [0.25, 0.3) is 0 Å². The summed E-state index contributed by atoms with van der Waals surface area (Å²) in [7, 11) is 1.00. The van der Waals surface area contributed by atoms with Crippen LogP contribution in [-0.4, -0.2) is 141 Å². The van der Waals surface area contributed by atoms with Crippen LogP contribution in [0.15, 0.2) is 0 Å². The minimum absolute atomic E-state index is 0.245. The van der Waals surface area contributed by atoms with E-state index in [1.807, 2.05) is 11.7 Å². The number of hydrogen-bond donors (Lipinski definition) is 1. The zero-order chi connectivity index (χ0) is 55.8. The molecule has 0 aromatic rings. The smallest absolute Gasteiger partial charge is 0.236 e. The highest BCUT2D eigenvalue weighted by Gasteiger charge is 2.22. The molecule has 0 unspecified atom stereocenters. The standard InChI is InChI=1S/C36H72N4O2.C28H59N.CH4O.CH2O/c1-4-7-10-13-16-19-22-25-37(26-23-20-17-14-11-8-5-2)28-29-38(27-24-21-18-15-12-9-6-3)34-36(42)40-32-30-39(35-41)31-33-40;1-4-7-9-11-13-15-17-18-20-22-24-26-28-29(6-3)27-25-23-21-19-16-14-12-10-8-5-2;2*1-2/h35H,4-34H2,1-3H3;4-28H2,1-3H3;2H,1H3;1H2. The quantitative estimate of drug-likeness (QED) is 0.0480. The zero-order valence-corrected chi connectivity index (χ0v) is 52.3. The Labute approximate surface area is 471 Å². The lowest BCUT2D eigenvalue weighted by Crippen LogP contribution is -2.51. The maximum atomic E-state index is 13.3. The number of aliphatic hydroxyl groups is 1. The van der Waals surface area contributed by atoms with E-state index >= 15 is 0 Å². The van der Waals surface area contributed by atoms with E-state index in [0.29, 0.717) is 32.7 Å². The zero-order valence-electron chi connectivity index (χ0n) is 52.3. The van der Waals surface area contributed by atoms with Gasteiger partial charge >= 0.3 is 0 Å². The Bertz CT molecular complexity index is 1040. The number of carbonyl (C=O) groups excluding carboxylic acids is 3. The molecule has 9 nitrogen and oxygen atoms in total. The van der Waals surface area contributed by atoms with Gasteiger partial charge in [0.1, 0.15) is 6.79 Å². The number of piperazine rings is 1. The summed E-state index contributed by atoms with van der Waals surface area (Å²) in [6.45, 7) is 28.4. The fourth-order valence-corrected chi connectivity index (χ4v) is 10.6. The lowest BCUT2D eigenvalue weighted by Gasteiger charge is -2.34. The van der Waals surface area contributed by atoms with Crippen LogP contribution in [0.5, 0.6) is 0 Å². The Morgan fingerprint density at radius 3 is 0.827 bits per heavy atom. The fourth-order valence-electron chi connectivity index (χ4n) is 10.6. The van der Waals surface area contributed by atoms with Crippen LogP contribution in [0.2, 0.25) is 0 Å². The highest BCUT2D eigenvalue weighted by molar-refractivity contribution is 5.78. The van der Waals surface area contributed by atoms with Gasteiger partial charge in [-0.2, -0.15) is 0 Å². The molecule has 2 amide bonds. The van der Waals surface area contributed by atoms with Crippen molar-refractivity contribution in [1.82, 2.24) is 24.5 Å². The van der Waals surface area contributed by atoms with E-state index in [0.717, 1.165) is 33.2 Å². The molecule has 0 aliphatic carbocycles. The second kappa shape index (κ2) is 68.6. The first-order valence-electron chi connectivity index (χ1n) is 33.4. The molecule has 450 valence electrons. The van der Waals surface area contributed by atoms with Crippen LogP contribution in [0.25, 0.3) is 0 Å². The summed E-state index contributed by atoms with van der Waals surface area (Å²) in [5, 5.41) is 7.00. The third-order valence-corrected chi connectivity index (χ3v) is 15.7. The van der Waals surface area contributed by atoms with Gasteiger partial charge in [0.2, 0.25) is 12.3 Å². The van der Waals surface area contributed by atoms with Crippen LogP contribution < -0.4 is 0 Å².